The third-order valence-electron chi connectivity index (χ3n) is 1.78. The summed E-state index contributed by atoms with van der Waals surface area (Å²) in [5.74, 6) is 1.46. The molecule has 0 atom stereocenters. The molecular formula is C9H8ClN3O2. The first-order chi connectivity index (χ1) is 7.35. The lowest BCUT2D eigenvalue weighted by Gasteiger charge is -2.01. The summed E-state index contributed by atoms with van der Waals surface area (Å²) in [7, 11) is 1.53. The third kappa shape index (κ3) is 1.92. The van der Waals surface area contributed by atoms with Crippen LogP contribution in [0, 0.1) is 0 Å². The van der Waals surface area contributed by atoms with E-state index in [0.717, 1.165) is 0 Å². The number of aromatic nitrogens is 3. The fraction of sp³-hybridized carbons (Fsp3) is 0.222. The Morgan fingerprint density at radius 1 is 1.53 bits per heavy atom. The summed E-state index contributed by atoms with van der Waals surface area (Å²) in [4.78, 5) is 8.10. The number of hydrogen-bond donors (Lipinski definition) is 0. The molecule has 0 N–H and O–H groups in total. The Labute approximate surface area is 91.0 Å². The van der Waals surface area contributed by atoms with E-state index in [9.17, 15) is 0 Å². The lowest BCUT2D eigenvalue weighted by molar-refractivity contribution is 0.391. The summed E-state index contributed by atoms with van der Waals surface area (Å²) in [5.41, 5.74) is 0.656. The molecule has 0 spiro atoms. The third-order valence-corrected chi connectivity index (χ3v) is 2.02. The van der Waals surface area contributed by atoms with E-state index in [1.54, 1.807) is 18.3 Å². The van der Waals surface area contributed by atoms with Gasteiger partial charge in [-0.05, 0) is 12.1 Å². The largest absolute Gasteiger partial charge is 0.480 e. The summed E-state index contributed by atoms with van der Waals surface area (Å²) in [5, 5.41) is 3.69. The number of pyridine rings is 1. The number of rotatable bonds is 3. The Morgan fingerprint density at radius 2 is 2.40 bits per heavy atom. The average Bonchev–Trinajstić information content (AvgIpc) is 2.77. The first-order valence-electron chi connectivity index (χ1n) is 4.23. The van der Waals surface area contributed by atoms with E-state index < -0.39 is 0 Å². The van der Waals surface area contributed by atoms with E-state index in [1.807, 2.05) is 0 Å². The van der Waals surface area contributed by atoms with Gasteiger partial charge in [-0.1, -0.05) is 5.16 Å². The fourth-order valence-electron chi connectivity index (χ4n) is 1.13. The molecule has 2 heterocycles. The Bertz CT molecular complexity index is 458. The van der Waals surface area contributed by atoms with Crippen molar-refractivity contribution in [2.45, 2.75) is 5.88 Å². The number of hydrogen-bond acceptors (Lipinski definition) is 5. The highest BCUT2D eigenvalue weighted by molar-refractivity contribution is 6.16. The maximum Gasteiger partial charge on any atom is 0.263 e. The highest BCUT2D eigenvalue weighted by Gasteiger charge is 2.13. The van der Waals surface area contributed by atoms with Crippen LogP contribution < -0.4 is 4.74 Å². The van der Waals surface area contributed by atoms with Crippen molar-refractivity contribution in [2.24, 2.45) is 0 Å². The van der Waals surface area contributed by atoms with Gasteiger partial charge in [0, 0.05) is 6.20 Å². The molecule has 0 saturated heterocycles. The average molecular weight is 226 g/mol. The quantitative estimate of drug-likeness (QED) is 0.747. The molecule has 0 fully saturated rings. The van der Waals surface area contributed by atoms with Crippen LogP contribution in [0.4, 0.5) is 0 Å². The molecule has 2 rings (SSSR count). The van der Waals surface area contributed by atoms with Crippen molar-refractivity contribution in [2.75, 3.05) is 7.11 Å². The standard InChI is InChI=1S/C9H8ClN3O2/c1-14-8-6(3-2-4-11-8)9-12-7(5-10)13-15-9/h2-4H,5H2,1H3. The van der Waals surface area contributed by atoms with Gasteiger partial charge in [-0.2, -0.15) is 4.98 Å². The van der Waals surface area contributed by atoms with Gasteiger partial charge < -0.3 is 9.26 Å². The molecule has 2 aromatic heterocycles. The van der Waals surface area contributed by atoms with Crippen molar-refractivity contribution in [3.8, 4) is 17.3 Å². The molecule has 0 amide bonds. The minimum absolute atomic E-state index is 0.214. The van der Waals surface area contributed by atoms with Crippen LogP contribution in [0.1, 0.15) is 5.82 Å². The maximum atomic E-state index is 5.57. The molecule has 6 heteroatoms. The molecule has 0 aliphatic rings. The summed E-state index contributed by atoms with van der Waals surface area (Å²) in [6, 6.07) is 3.56. The first kappa shape index (κ1) is 9.92. The molecule has 15 heavy (non-hydrogen) atoms. The van der Waals surface area contributed by atoms with Crippen LogP contribution in [-0.2, 0) is 5.88 Å². The van der Waals surface area contributed by atoms with Crippen molar-refractivity contribution in [1.29, 1.82) is 0 Å². The maximum absolute atomic E-state index is 5.57. The van der Waals surface area contributed by atoms with Crippen LogP contribution >= 0.6 is 11.6 Å². The van der Waals surface area contributed by atoms with Crippen molar-refractivity contribution >= 4 is 11.6 Å². The number of nitrogens with zero attached hydrogens (tertiary/aromatic N) is 3. The van der Waals surface area contributed by atoms with Crippen LogP contribution in [0.25, 0.3) is 11.5 Å². The molecule has 0 radical (unpaired) electrons. The van der Waals surface area contributed by atoms with Crippen LogP contribution in [0.3, 0.4) is 0 Å². The number of ether oxygens (including phenoxy) is 1. The van der Waals surface area contributed by atoms with Crippen LogP contribution in [0.15, 0.2) is 22.9 Å². The smallest absolute Gasteiger partial charge is 0.263 e. The molecule has 0 aliphatic carbocycles. The minimum atomic E-state index is 0.214. The van der Waals surface area contributed by atoms with Gasteiger partial charge in [0.25, 0.3) is 5.89 Å². The normalized spacial score (nSPS) is 10.3. The zero-order valence-corrected chi connectivity index (χ0v) is 8.73. The number of methoxy groups -OCH3 is 1. The summed E-state index contributed by atoms with van der Waals surface area (Å²) in [6.45, 7) is 0. The molecule has 78 valence electrons. The molecular weight excluding hydrogens is 218 g/mol. The van der Waals surface area contributed by atoms with E-state index in [0.29, 0.717) is 23.2 Å². The Morgan fingerprint density at radius 3 is 3.07 bits per heavy atom. The van der Waals surface area contributed by atoms with Crippen molar-refractivity contribution in [3.63, 3.8) is 0 Å². The molecule has 0 aromatic carbocycles. The zero-order chi connectivity index (χ0) is 10.7. The van der Waals surface area contributed by atoms with Crippen LogP contribution in [0.5, 0.6) is 5.88 Å². The highest BCUT2D eigenvalue weighted by atomic mass is 35.5. The number of halogens is 1. The minimum Gasteiger partial charge on any atom is -0.480 e. The predicted octanol–water partition coefficient (Wildman–Crippen LogP) is 1.88. The van der Waals surface area contributed by atoms with Gasteiger partial charge in [-0.3, -0.25) is 0 Å². The van der Waals surface area contributed by atoms with Gasteiger partial charge in [0.2, 0.25) is 5.88 Å². The monoisotopic (exact) mass is 225 g/mol. The SMILES string of the molecule is COc1ncccc1-c1nc(CCl)no1. The second-order valence-electron chi connectivity index (χ2n) is 2.71. The second kappa shape index (κ2) is 4.27. The van der Waals surface area contributed by atoms with Crippen LogP contribution in [0.2, 0.25) is 0 Å². The van der Waals surface area contributed by atoms with Gasteiger partial charge >= 0.3 is 0 Å². The lowest BCUT2D eigenvalue weighted by atomic mass is 10.3. The highest BCUT2D eigenvalue weighted by Crippen LogP contribution is 2.25. The van der Waals surface area contributed by atoms with Gasteiger partial charge in [-0.15, -0.1) is 11.6 Å². The van der Waals surface area contributed by atoms with Gasteiger partial charge in [0.1, 0.15) is 5.56 Å². The van der Waals surface area contributed by atoms with Gasteiger partial charge in [0.05, 0.1) is 13.0 Å². The molecule has 2 aromatic rings. The van der Waals surface area contributed by atoms with E-state index in [2.05, 4.69) is 15.1 Å². The molecule has 0 unspecified atom stereocenters. The van der Waals surface area contributed by atoms with Crippen molar-refractivity contribution < 1.29 is 9.26 Å². The van der Waals surface area contributed by atoms with Gasteiger partial charge in [0.15, 0.2) is 5.82 Å². The molecule has 0 bridgehead atoms. The van der Waals surface area contributed by atoms with E-state index in [-0.39, 0.29) is 5.88 Å². The summed E-state index contributed by atoms with van der Waals surface area (Å²) in [6.07, 6.45) is 1.63. The Balaban J connectivity index is 2.44. The van der Waals surface area contributed by atoms with E-state index in [4.69, 9.17) is 20.9 Å². The number of alkyl halides is 1. The van der Waals surface area contributed by atoms with E-state index >= 15 is 0 Å². The van der Waals surface area contributed by atoms with Gasteiger partial charge in [-0.25, -0.2) is 4.98 Å². The molecule has 5 nitrogen and oxygen atoms in total. The first-order valence-corrected chi connectivity index (χ1v) is 4.76. The second-order valence-corrected chi connectivity index (χ2v) is 2.98. The molecule has 0 saturated carbocycles. The Hall–Kier alpha value is -1.62. The summed E-state index contributed by atoms with van der Waals surface area (Å²) >= 11 is 5.57. The molecule has 0 aliphatic heterocycles. The predicted molar refractivity (Wildman–Crippen MR) is 53.6 cm³/mol. The van der Waals surface area contributed by atoms with E-state index in [1.165, 1.54) is 7.11 Å². The topological polar surface area (TPSA) is 61.0 Å². The van der Waals surface area contributed by atoms with Crippen LogP contribution in [-0.4, -0.2) is 22.2 Å². The Kier molecular flexibility index (Phi) is 2.82. The van der Waals surface area contributed by atoms with Crippen molar-refractivity contribution in [1.82, 2.24) is 15.1 Å². The lowest BCUT2D eigenvalue weighted by Crippen LogP contribution is -1.90. The van der Waals surface area contributed by atoms with Crippen molar-refractivity contribution in [3.05, 3.63) is 24.2 Å². The fourth-order valence-corrected chi connectivity index (χ4v) is 1.24. The summed E-state index contributed by atoms with van der Waals surface area (Å²) < 4.78 is 10.1. The zero-order valence-electron chi connectivity index (χ0n) is 7.98.